The van der Waals surface area contributed by atoms with Gasteiger partial charge in [0.05, 0.1) is 12.2 Å². The van der Waals surface area contributed by atoms with Crippen LogP contribution in [-0.4, -0.2) is 79.6 Å². The molecule has 1 aliphatic heterocycles. The van der Waals surface area contributed by atoms with Gasteiger partial charge in [-0.3, -0.25) is 14.2 Å². The fraction of sp³-hybridized carbons (Fsp3) is 0.625. The van der Waals surface area contributed by atoms with E-state index in [-0.39, 0.29) is 41.3 Å². The Hall–Kier alpha value is -3.31. The van der Waals surface area contributed by atoms with Crippen LogP contribution in [0.5, 0.6) is 0 Å². The van der Waals surface area contributed by atoms with E-state index in [9.17, 15) is 19.8 Å². The normalized spacial score (nSPS) is 27.5. The molecule has 1 unspecified atom stereocenters. The lowest BCUT2D eigenvalue weighted by Gasteiger charge is -2.25. The number of likely N-dealkylation sites (N-methyl/N-ethyl adjacent to an activating group) is 1. The summed E-state index contributed by atoms with van der Waals surface area (Å²) < 4.78 is 12.2. The zero-order valence-corrected chi connectivity index (χ0v) is 20.7. The Morgan fingerprint density at radius 3 is 2.70 bits per heavy atom. The number of ether oxygens (including phenoxy) is 2. The summed E-state index contributed by atoms with van der Waals surface area (Å²) in [4.78, 5) is 37.1. The number of fused-ring (bicyclic) bond motifs is 1. The Bertz CT molecular complexity index is 1180. The first-order valence-corrected chi connectivity index (χ1v) is 12.5. The van der Waals surface area contributed by atoms with Gasteiger partial charge in [-0.2, -0.15) is 0 Å². The highest BCUT2D eigenvalue weighted by Crippen LogP contribution is 2.33. The predicted octanol–water partition coefficient (Wildman–Crippen LogP) is -0.786. The number of anilines is 1. The number of carbonyl (C=O) groups excluding carboxylic acids is 2. The smallest absolute Gasteiger partial charge is 0.308 e. The minimum atomic E-state index is -1.43. The second-order valence-corrected chi connectivity index (χ2v) is 9.26. The Kier molecular flexibility index (Phi) is 8.55. The summed E-state index contributed by atoms with van der Waals surface area (Å²) in [7, 11) is 0. The monoisotopic (exact) mass is 515 g/mol. The topological polar surface area (TPSA) is 201 Å². The number of nitrogens with one attached hydrogen (secondary N) is 1. The van der Waals surface area contributed by atoms with Crippen LogP contribution in [-0.2, 0) is 19.1 Å². The fourth-order valence-corrected chi connectivity index (χ4v) is 4.72. The third-order valence-corrected chi connectivity index (χ3v) is 6.70. The Morgan fingerprint density at radius 1 is 1.24 bits per heavy atom. The summed E-state index contributed by atoms with van der Waals surface area (Å²) in [5.74, 6) is 5.91. The molecule has 2 aromatic rings. The molecule has 0 aromatic carbocycles. The number of rotatable bonds is 7. The van der Waals surface area contributed by atoms with Crippen LogP contribution in [0.1, 0.15) is 51.1 Å². The van der Waals surface area contributed by atoms with E-state index in [1.54, 1.807) is 6.92 Å². The first-order valence-electron chi connectivity index (χ1n) is 12.5. The Morgan fingerprint density at radius 2 is 2.00 bits per heavy atom. The third kappa shape index (κ3) is 5.83. The average Bonchev–Trinajstić information content (AvgIpc) is 3.44. The number of imidazole rings is 1. The second kappa shape index (κ2) is 11.8. The van der Waals surface area contributed by atoms with Gasteiger partial charge in [-0.1, -0.05) is 5.92 Å². The summed E-state index contributed by atoms with van der Waals surface area (Å²) in [5.41, 5.74) is 12.0. The van der Waals surface area contributed by atoms with Crippen molar-refractivity contribution in [3.8, 4) is 11.8 Å². The summed E-state index contributed by atoms with van der Waals surface area (Å²) in [6.07, 6.45) is 0.0940. The fourth-order valence-electron chi connectivity index (χ4n) is 4.72. The van der Waals surface area contributed by atoms with Crippen molar-refractivity contribution in [3.63, 3.8) is 0 Å². The van der Waals surface area contributed by atoms with Crippen molar-refractivity contribution in [3.05, 3.63) is 12.2 Å². The molecule has 4 rings (SSSR count). The van der Waals surface area contributed by atoms with Crippen LogP contribution in [0.25, 0.3) is 11.2 Å². The summed E-state index contributed by atoms with van der Waals surface area (Å²) >= 11 is 0. The van der Waals surface area contributed by atoms with Crippen LogP contribution < -0.4 is 16.8 Å². The van der Waals surface area contributed by atoms with Crippen LogP contribution in [0.15, 0.2) is 6.33 Å². The van der Waals surface area contributed by atoms with E-state index in [4.69, 9.17) is 20.9 Å². The van der Waals surface area contributed by atoms with Crippen LogP contribution in [0.3, 0.4) is 0 Å². The molecular weight excluding hydrogens is 482 g/mol. The predicted molar refractivity (Wildman–Crippen MR) is 131 cm³/mol. The molecule has 7 N–H and O–H groups in total. The number of amides is 1. The number of nitrogen functional groups attached to an aromatic ring is 1. The first-order chi connectivity index (χ1) is 17.8. The van der Waals surface area contributed by atoms with Crippen molar-refractivity contribution in [2.45, 2.75) is 63.6 Å². The molecule has 1 saturated carbocycles. The number of hydrogen-bond donors (Lipinski definition) is 5. The van der Waals surface area contributed by atoms with Crippen molar-refractivity contribution in [2.75, 3.05) is 25.4 Å². The number of hydrogen-bond acceptors (Lipinski definition) is 11. The molecule has 2 aliphatic rings. The van der Waals surface area contributed by atoms with Crippen LogP contribution in [0.4, 0.5) is 5.82 Å². The van der Waals surface area contributed by atoms with Gasteiger partial charge >= 0.3 is 5.97 Å². The van der Waals surface area contributed by atoms with E-state index in [1.165, 1.54) is 10.9 Å². The van der Waals surface area contributed by atoms with Gasteiger partial charge in [0.15, 0.2) is 23.8 Å². The van der Waals surface area contributed by atoms with Gasteiger partial charge < -0.3 is 36.5 Å². The van der Waals surface area contributed by atoms with Gasteiger partial charge in [-0.05, 0) is 44.4 Å². The van der Waals surface area contributed by atoms with E-state index in [0.29, 0.717) is 25.4 Å². The average molecular weight is 516 g/mol. The summed E-state index contributed by atoms with van der Waals surface area (Å²) in [5, 5.41) is 23.5. The zero-order chi connectivity index (χ0) is 26.5. The van der Waals surface area contributed by atoms with Gasteiger partial charge in [0.2, 0.25) is 5.82 Å². The largest absolute Gasteiger partial charge is 0.464 e. The maximum atomic E-state index is 12.2. The molecule has 0 radical (unpaired) electrons. The number of nitrogens with zero attached hydrogens (tertiary/aromatic N) is 4. The molecule has 13 heteroatoms. The number of aliphatic hydroxyl groups is 2. The van der Waals surface area contributed by atoms with Crippen LogP contribution in [0.2, 0.25) is 0 Å². The lowest BCUT2D eigenvalue weighted by Crippen LogP contribution is -2.42. The van der Waals surface area contributed by atoms with Crippen LogP contribution in [0, 0.1) is 23.7 Å². The van der Waals surface area contributed by atoms with Crippen molar-refractivity contribution >= 4 is 28.9 Å². The van der Waals surface area contributed by atoms with Gasteiger partial charge in [0.25, 0.3) is 5.91 Å². The molecular formula is C24H33N7O6. The van der Waals surface area contributed by atoms with E-state index >= 15 is 0 Å². The highest BCUT2D eigenvalue weighted by atomic mass is 16.6. The standard InChI is InChI=1S/C24H33N7O6/c1-2-27-22(34)19-17(32)18(33)23(37-19)31-12-28-16-20(26)29-15(30-21(16)31)5-3-4-13-6-8-14(9-7-13)24(35)36-11-10-25/h12-14,17-19,23,32-33H,2,4,6-11,25H2,1H3,(H,27,34)(H2,26,29,30)/t13?,14?,17?,18-,19-,23+/m0/s1. The third-order valence-electron chi connectivity index (χ3n) is 6.70. The number of nitrogens with two attached hydrogens (primary N) is 2. The molecule has 2 fully saturated rings. The van der Waals surface area contributed by atoms with Crippen molar-refractivity contribution in [2.24, 2.45) is 17.6 Å². The zero-order valence-electron chi connectivity index (χ0n) is 20.7. The van der Waals surface area contributed by atoms with E-state index < -0.39 is 30.4 Å². The number of aromatic nitrogens is 4. The molecule has 1 amide bonds. The van der Waals surface area contributed by atoms with Gasteiger partial charge in [0.1, 0.15) is 24.3 Å². The van der Waals surface area contributed by atoms with E-state index in [0.717, 1.165) is 25.7 Å². The first kappa shape index (κ1) is 26.7. The van der Waals surface area contributed by atoms with Crippen molar-refractivity contribution in [1.82, 2.24) is 24.8 Å². The molecule has 1 aliphatic carbocycles. The highest BCUT2D eigenvalue weighted by molar-refractivity contribution is 5.83. The van der Waals surface area contributed by atoms with Gasteiger partial charge in [-0.15, -0.1) is 0 Å². The minimum Gasteiger partial charge on any atom is -0.464 e. The lowest BCUT2D eigenvalue weighted by molar-refractivity contribution is -0.149. The Balaban J connectivity index is 1.44. The van der Waals surface area contributed by atoms with E-state index in [1.807, 2.05) is 0 Å². The maximum Gasteiger partial charge on any atom is 0.308 e. The molecule has 2 aromatic heterocycles. The van der Waals surface area contributed by atoms with Crippen molar-refractivity contribution in [1.29, 1.82) is 0 Å². The minimum absolute atomic E-state index is 0.0825. The molecule has 4 atom stereocenters. The second-order valence-electron chi connectivity index (χ2n) is 9.26. The molecule has 0 spiro atoms. The van der Waals surface area contributed by atoms with Crippen LogP contribution >= 0.6 is 0 Å². The summed E-state index contributed by atoms with van der Waals surface area (Å²) in [6, 6.07) is 0. The SMILES string of the molecule is CCNC(=O)[C@H]1O[C@@H](n2cnc3c(N)nc(C#CCC4CCC(C(=O)OCCN)CC4)nc32)[C@@H](O)C1O. The van der Waals surface area contributed by atoms with E-state index in [2.05, 4.69) is 32.1 Å². The molecule has 13 nitrogen and oxygen atoms in total. The highest BCUT2D eigenvalue weighted by Gasteiger charge is 2.47. The number of esters is 1. The van der Waals surface area contributed by atoms with Crippen molar-refractivity contribution < 1.29 is 29.3 Å². The molecule has 37 heavy (non-hydrogen) atoms. The Labute approximate surface area is 213 Å². The quantitative estimate of drug-likeness (QED) is 0.229. The molecule has 200 valence electrons. The number of carbonyl (C=O) groups is 2. The molecule has 1 saturated heterocycles. The lowest BCUT2D eigenvalue weighted by atomic mass is 9.81. The summed E-state index contributed by atoms with van der Waals surface area (Å²) in [6.45, 7) is 2.67. The maximum absolute atomic E-state index is 12.2. The number of aliphatic hydroxyl groups excluding tert-OH is 2. The molecule has 3 heterocycles. The molecule has 0 bridgehead atoms. The van der Waals surface area contributed by atoms with Gasteiger partial charge in [-0.25, -0.2) is 15.0 Å². The van der Waals surface area contributed by atoms with Gasteiger partial charge in [0, 0.05) is 19.5 Å².